The Hall–Kier alpha value is -1.06. The zero-order valence-corrected chi connectivity index (χ0v) is 16.4. The summed E-state index contributed by atoms with van der Waals surface area (Å²) in [6.07, 6.45) is 7.17. The van der Waals surface area contributed by atoms with Crippen LogP contribution in [0.3, 0.4) is 0 Å². The lowest BCUT2D eigenvalue weighted by Gasteiger charge is -2.13. The Balaban J connectivity index is 3.58. The highest BCUT2D eigenvalue weighted by atomic mass is 16.5. The van der Waals surface area contributed by atoms with E-state index >= 15 is 0 Å². The summed E-state index contributed by atoms with van der Waals surface area (Å²) < 4.78 is 10.5. The van der Waals surface area contributed by atoms with Gasteiger partial charge in [0.1, 0.15) is 0 Å². The predicted octanol–water partition coefficient (Wildman–Crippen LogP) is 5.14. The van der Waals surface area contributed by atoms with Crippen LogP contribution < -0.4 is 0 Å². The van der Waals surface area contributed by atoms with Crippen molar-refractivity contribution in [3.05, 3.63) is 0 Å². The van der Waals surface area contributed by atoms with Crippen LogP contribution in [0.1, 0.15) is 86.0 Å². The molecule has 24 heavy (non-hydrogen) atoms. The number of carbonyl (C=O) groups excluding carboxylic acids is 2. The number of carbonyl (C=O) groups is 2. The average molecular weight is 343 g/mol. The second kappa shape index (κ2) is 14.3. The summed E-state index contributed by atoms with van der Waals surface area (Å²) >= 11 is 0. The first-order valence-corrected chi connectivity index (χ1v) is 9.62. The Morgan fingerprint density at radius 3 is 1.38 bits per heavy atom. The molecule has 0 spiro atoms. The van der Waals surface area contributed by atoms with Crippen LogP contribution in [0.4, 0.5) is 0 Å². The molecule has 4 heteroatoms. The van der Waals surface area contributed by atoms with Gasteiger partial charge in [0.15, 0.2) is 0 Å². The van der Waals surface area contributed by atoms with Gasteiger partial charge in [-0.2, -0.15) is 0 Å². The molecule has 0 unspecified atom stereocenters. The van der Waals surface area contributed by atoms with E-state index in [9.17, 15) is 9.59 Å². The third kappa shape index (κ3) is 15.8. The smallest absolute Gasteiger partial charge is 0.305 e. The fraction of sp³-hybridized carbons (Fsp3) is 0.900. The zero-order chi connectivity index (χ0) is 18.4. The van der Waals surface area contributed by atoms with Crippen molar-refractivity contribution in [1.82, 2.24) is 0 Å². The minimum atomic E-state index is -0.148. The van der Waals surface area contributed by atoms with Crippen molar-refractivity contribution in [2.75, 3.05) is 13.2 Å². The maximum absolute atomic E-state index is 11.6. The lowest BCUT2D eigenvalue weighted by atomic mass is 10.1. The summed E-state index contributed by atoms with van der Waals surface area (Å²) in [7, 11) is 0. The highest BCUT2D eigenvalue weighted by Gasteiger charge is 2.11. The monoisotopic (exact) mass is 342 g/mol. The molecule has 0 aromatic carbocycles. The van der Waals surface area contributed by atoms with Crippen LogP contribution in [0.15, 0.2) is 0 Å². The summed E-state index contributed by atoms with van der Waals surface area (Å²) in [5.41, 5.74) is 0. The van der Waals surface area contributed by atoms with Crippen molar-refractivity contribution in [2.24, 2.45) is 17.8 Å². The first-order chi connectivity index (χ1) is 11.3. The van der Waals surface area contributed by atoms with E-state index in [4.69, 9.17) is 9.47 Å². The van der Waals surface area contributed by atoms with Crippen molar-refractivity contribution in [1.29, 1.82) is 0 Å². The summed E-state index contributed by atoms with van der Waals surface area (Å²) in [5.74, 6) is 1.11. The molecule has 0 aliphatic heterocycles. The van der Waals surface area contributed by atoms with E-state index in [2.05, 4.69) is 27.7 Å². The Morgan fingerprint density at radius 2 is 1.04 bits per heavy atom. The van der Waals surface area contributed by atoms with E-state index < -0.39 is 0 Å². The highest BCUT2D eigenvalue weighted by Crippen LogP contribution is 2.10. The number of unbranched alkanes of at least 4 members (excludes halogenated alkanes) is 2. The Bertz CT molecular complexity index is 305. The lowest BCUT2D eigenvalue weighted by Crippen LogP contribution is -2.18. The van der Waals surface area contributed by atoms with Crippen molar-refractivity contribution in [3.8, 4) is 0 Å². The van der Waals surface area contributed by atoms with Crippen molar-refractivity contribution >= 4 is 11.9 Å². The lowest BCUT2D eigenvalue weighted by molar-refractivity contribution is -0.148. The Kier molecular flexibility index (Phi) is 13.7. The molecule has 4 nitrogen and oxygen atoms in total. The zero-order valence-electron chi connectivity index (χ0n) is 16.4. The number of rotatable bonds is 14. The van der Waals surface area contributed by atoms with Gasteiger partial charge in [-0.15, -0.1) is 0 Å². The number of hydrogen-bond acceptors (Lipinski definition) is 4. The third-order valence-electron chi connectivity index (χ3n) is 3.88. The highest BCUT2D eigenvalue weighted by molar-refractivity contribution is 5.69. The van der Waals surface area contributed by atoms with E-state index in [1.165, 1.54) is 0 Å². The molecule has 142 valence electrons. The number of esters is 2. The van der Waals surface area contributed by atoms with Gasteiger partial charge in [0.25, 0.3) is 0 Å². The molecule has 0 bridgehead atoms. The van der Waals surface area contributed by atoms with Gasteiger partial charge in [-0.3, -0.25) is 9.59 Å². The van der Waals surface area contributed by atoms with E-state index in [-0.39, 0.29) is 17.9 Å². The van der Waals surface area contributed by atoms with E-state index in [1.54, 1.807) is 0 Å². The standard InChI is InChI=1S/C20H38O4/c1-16(2)10-6-8-12-19(21)23-14-18(5)15-24-20(22)13-9-7-11-17(3)4/h16-18H,6-15H2,1-5H3. The number of ether oxygens (including phenoxy) is 2. The quantitative estimate of drug-likeness (QED) is 0.324. The molecule has 0 heterocycles. The topological polar surface area (TPSA) is 52.6 Å². The van der Waals surface area contributed by atoms with Crippen LogP contribution in [-0.2, 0) is 19.1 Å². The largest absolute Gasteiger partial charge is 0.465 e. The van der Waals surface area contributed by atoms with E-state index in [0.717, 1.165) is 38.5 Å². The Labute approximate surface area is 148 Å². The molecular formula is C20H38O4. The van der Waals surface area contributed by atoms with Crippen molar-refractivity contribution < 1.29 is 19.1 Å². The van der Waals surface area contributed by atoms with Crippen LogP contribution in [0.5, 0.6) is 0 Å². The normalized spacial score (nSPS) is 11.3. The van der Waals surface area contributed by atoms with Crippen LogP contribution in [0.2, 0.25) is 0 Å². The predicted molar refractivity (Wildman–Crippen MR) is 97.7 cm³/mol. The summed E-state index contributed by atoms with van der Waals surface area (Å²) in [4.78, 5) is 23.3. The summed E-state index contributed by atoms with van der Waals surface area (Å²) in [6, 6.07) is 0. The van der Waals surface area contributed by atoms with Crippen molar-refractivity contribution in [3.63, 3.8) is 0 Å². The van der Waals surface area contributed by atoms with Gasteiger partial charge in [-0.05, 0) is 24.7 Å². The first-order valence-electron chi connectivity index (χ1n) is 9.62. The average Bonchev–Trinajstić information content (AvgIpc) is 2.51. The maximum atomic E-state index is 11.6. The van der Waals surface area contributed by atoms with Gasteiger partial charge in [0.2, 0.25) is 0 Å². The van der Waals surface area contributed by atoms with Crippen LogP contribution >= 0.6 is 0 Å². The molecular weight excluding hydrogens is 304 g/mol. The molecule has 0 aromatic heterocycles. The van der Waals surface area contributed by atoms with Gasteiger partial charge >= 0.3 is 11.9 Å². The maximum Gasteiger partial charge on any atom is 0.305 e. The van der Waals surface area contributed by atoms with Gasteiger partial charge in [-0.1, -0.05) is 60.3 Å². The molecule has 0 saturated heterocycles. The van der Waals surface area contributed by atoms with Crippen LogP contribution in [0.25, 0.3) is 0 Å². The van der Waals surface area contributed by atoms with Gasteiger partial charge in [0.05, 0.1) is 13.2 Å². The molecule has 0 N–H and O–H groups in total. The first kappa shape index (κ1) is 22.9. The van der Waals surface area contributed by atoms with E-state index in [0.29, 0.717) is 37.9 Å². The van der Waals surface area contributed by atoms with E-state index in [1.807, 2.05) is 6.92 Å². The minimum absolute atomic E-state index is 0.0456. The van der Waals surface area contributed by atoms with Crippen molar-refractivity contribution in [2.45, 2.75) is 86.0 Å². The SMILES string of the molecule is CC(C)CCCCC(=O)OCC(C)COC(=O)CCCCC(C)C. The third-order valence-corrected chi connectivity index (χ3v) is 3.88. The van der Waals surface area contributed by atoms with Gasteiger partial charge in [0, 0.05) is 18.8 Å². The summed E-state index contributed by atoms with van der Waals surface area (Å²) in [6.45, 7) is 11.3. The second-order valence-corrected chi connectivity index (χ2v) is 7.75. The molecule has 0 aromatic rings. The molecule has 0 saturated carbocycles. The molecule has 0 radical (unpaired) electrons. The molecule has 0 fully saturated rings. The number of hydrogen-bond donors (Lipinski definition) is 0. The molecule has 0 atom stereocenters. The Morgan fingerprint density at radius 1 is 0.667 bits per heavy atom. The molecule has 0 amide bonds. The van der Waals surface area contributed by atoms with Gasteiger partial charge in [-0.25, -0.2) is 0 Å². The summed E-state index contributed by atoms with van der Waals surface area (Å²) in [5, 5.41) is 0. The molecule has 0 rings (SSSR count). The second-order valence-electron chi connectivity index (χ2n) is 7.75. The van der Waals surface area contributed by atoms with Crippen LogP contribution in [0, 0.1) is 17.8 Å². The fourth-order valence-electron chi connectivity index (χ4n) is 2.31. The molecule has 0 aliphatic rings. The fourth-order valence-corrected chi connectivity index (χ4v) is 2.31. The minimum Gasteiger partial charge on any atom is -0.465 e. The molecule has 0 aliphatic carbocycles. The van der Waals surface area contributed by atoms with Crippen LogP contribution in [-0.4, -0.2) is 25.2 Å². The van der Waals surface area contributed by atoms with Gasteiger partial charge < -0.3 is 9.47 Å².